The van der Waals surface area contributed by atoms with Crippen molar-refractivity contribution in [2.75, 3.05) is 26.4 Å². The highest BCUT2D eigenvalue weighted by molar-refractivity contribution is 5.21. The van der Waals surface area contributed by atoms with Gasteiger partial charge in [-0.25, -0.2) is 0 Å². The first-order valence-corrected chi connectivity index (χ1v) is 6.15. The van der Waals surface area contributed by atoms with Crippen LogP contribution in [0.25, 0.3) is 0 Å². The highest BCUT2D eigenvalue weighted by Crippen LogP contribution is 2.21. The molecule has 0 aliphatic carbocycles. The minimum absolute atomic E-state index is 0.0762. The van der Waals surface area contributed by atoms with Gasteiger partial charge in [0.05, 0.1) is 25.9 Å². The first-order valence-electron chi connectivity index (χ1n) is 6.15. The van der Waals surface area contributed by atoms with Crippen molar-refractivity contribution in [1.29, 1.82) is 0 Å². The Balaban J connectivity index is 2.15. The highest BCUT2D eigenvalue weighted by Gasteiger charge is 2.26. The van der Waals surface area contributed by atoms with Crippen molar-refractivity contribution in [3.8, 4) is 0 Å². The zero-order valence-electron chi connectivity index (χ0n) is 10.5. The molecule has 0 amide bonds. The smallest absolute Gasteiger partial charge is 0.100 e. The van der Waals surface area contributed by atoms with E-state index in [1.807, 2.05) is 12.4 Å². The number of pyridine rings is 1. The van der Waals surface area contributed by atoms with E-state index >= 15 is 0 Å². The van der Waals surface area contributed by atoms with Crippen molar-refractivity contribution in [3.63, 3.8) is 0 Å². The fourth-order valence-electron chi connectivity index (χ4n) is 2.13. The van der Waals surface area contributed by atoms with Crippen LogP contribution in [0.15, 0.2) is 18.5 Å². The molecule has 1 aliphatic heterocycles. The third kappa shape index (κ3) is 3.25. The number of nitrogens with one attached hydrogen (secondary N) is 1. The molecule has 4 heteroatoms. The minimum Gasteiger partial charge on any atom is -0.376 e. The second-order valence-corrected chi connectivity index (χ2v) is 4.32. The van der Waals surface area contributed by atoms with Gasteiger partial charge in [0.1, 0.15) is 6.10 Å². The molecule has 0 bridgehead atoms. The summed E-state index contributed by atoms with van der Waals surface area (Å²) in [5, 5.41) is 3.45. The van der Waals surface area contributed by atoms with Gasteiger partial charge in [-0.1, -0.05) is 13.0 Å². The van der Waals surface area contributed by atoms with Crippen molar-refractivity contribution >= 4 is 0 Å². The summed E-state index contributed by atoms with van der Waals surface area (Å²) in [4.78, 5) is 4.25. The summed E-state index contributed by atoms with van der Waals surface area (Å²) < 4.78 is 11.2. The van der Waals surface area contributed by atoms with Crippen LogP contribution in [0.3, 0.4) is 0 Å². The number of aromatic nitrogens is 1. The Morgan fingerprint density at radius 3 is 3.00 bits per heavy atom. The molecule has 4 nitrogen and oxygen atoms in total. The number of ether oxygens (including phenoxy) is 2. The van der Waals surface area contributed by atoms with Gasteiger partial charge in [-0.15, -0.1) is 0 Å². The summed E-state index contributed by atoms with van der Waals surface area (Å²) >= 11 is 0. The van der Waals surface area contributed by atoms with Crippen LogP contribution in [0.1, 0.15) is 24.1 Å². The van der Waals surface area contributed by atoms with Gasteiger partial charge < -0.3 is 14.8 Å². The molecular formula is C13H20N2O2. The number of rotatable bonds is 4. The molecule has 1 aromatic rings. The summed E-state index contributed by atoms with van der Waals surface area (Å²) in [6.45, 7) is 7.06. The largest absolute Gasteiger partial charge is 0.376 e. The summed E-state index contributed by atoms with van der Waals surface area (Å²) in [5.41, 5.74) is 2.34. The fraction of sp³-hybridized carbons (Fsp3) is 0.615. The van der Waals surface area contributed by atoms with Crippen LogP contribution in [0, 0.1) is 6.92 Å². The normalized spacial score (nSPS) is 22.4. The molecule has 2 atom stereocenters. The molecule has 0 radical (unpaired) electrons. The maximum Gasteiger partial charge on any atom is 0.100 e. The number of hydrogen-bond acceptors (Lipinski definition) is 4. The molecule has 2 unspecified atom stereocenters. The van der Waals surface area contributed by atoms with E-state index in [1.165, 1.54) is 11.1 Å². The molecular weight excluding hydrogens is 216 g/mol. The average molecular weight is 236 g/mol. The van der Waals surface area contributed by atoms with E-state index in [0.717, 1.165) is 6.54 Å². The molecule has 94 valence electrons. The van der Waals surface area contributed by atoms with Gasteiger partial charge >= 0.3 is 0 Å². The van der Waals surface area contributed by atoms with Gasteiger partial charge in [-0.3, -0.25) is 4.98 Å². The van der Waals surface area contributed by atoms with Crippen LogP contribution < -0.4 is 5.32 Å². The number of likely N-dealkylation sites (N-methyl/N-ethyl adjacent to an activating group) is 1. The lowest BCUT2D eigenvalue weighted by atomic mass is 10.0. The Morgan fingerprint density at radius 2 is 2.35 bits per heavy atom. The van der Waals surface area contributed by atoms with Crippen molar-refractivity contribution in [3.05, 3.63) is 29.6 Å². The molecule has 0 saturated carbocycles. The quantitative estimate of drug-likeness (QED) is 0.859. The fourth-order valence-corrected chi connectivity index (χ4v) is 2.13. The van der Waals surface area contributed by atoms with E-state index in [9.17, 15) is 0 Å². The molecule has 17 heavy (non-hydrogen) atoms. The second-order valence-electron chi connectivity index (χ2n) is 4.32. The van der Waals surface area contributed by atoms with Gasteiger partial charge in [0.25, 0.3) is 0 Å². The SMILES string of the molecule is CCNC(c1cncc(C)c1)C1COCCO1. The van der Waals surface area contributed by atoms with Gasteiger partial charge in [0.2, 0.25) is 0 Å². The Kier molecular flexibility index (Phi) is 4.48. The first-order chi connectivity index (χ1) is 8.31. The van der Waals surface area contributed by atoms with Crippen molar-refractivity contribution < 1.29 is 9.47 Å². The van der Waals surface area contributed by atoms with Crippen LogP contribution in [0.5, 0.6) is 0 Å². The van der Waals surface area contributed by atoms with E-state index in [0.29, 0.717) is 19.8 Å². The standard InChI is InChI=1S/C13H20N2O2/c1-3-15-13(12-9-16-4-5-17-12)11-6-10(2)7-14-8-11/h6-8,12-13,15H,3-5,9H2,1-2H3. The molecule has 1 N–H and O–H groups in total. The van der Waals surface area contributed by atoms with Crippen molar-refractivity contribution in [2.45, 2.75) is 26.0 Å². The Hall–Kier alpha value is -0.970. The van der Waals surface area contributed by atoms with E-state index in [2.05, 4.69) is 30.2 Å². The molecule has 0 aromatic carbocycles. The maximum absolute atomic E-state index is 5.77. The van der Waals surface area contributed by atoms with E-state index < -0.39 is 0 Å². The molecule has 1 aliphatic rings. The van der Waals surface area contributed by atoms with Crippen LogP contribution in [0.4, 0.5) is 0 Å². The zero-order chi connectivity index (χ0) is 12.1. The lowest BCUT2D eigenvalue weighted by molar-refractivity contribution is -0.102. The molecule has 1 fully saturated rings. The number of nitrogens with zero attached hydrogens (tertiary/aromatic N) is 1. The van der Waals surface area contributed by atoms with Crippen molar-refractivity contribution in [2.24, 2.45) is 0 Å². The Bertz CT molecular complexity index is 351. The molecule has 1 saturated heterocycles. The maximum atomic E-state index is 5.77. The third-order valence-electron chi connectivity index (χ3n) is 2.89. The monoisotopic (exact) mass is 236 g/mol. The number of aryl methyl sites for hydroxylation is 1. The van der Waals surface area contributed by atoms with Gasteiger partial charge in [-0.05, 0) is 24.6 Å². The predicted molar refractivity (Wildman–Crippen MR) is 66.0 cm³/mol. The third-order valence-corrected chi connectivity index (χ3v) is 2.89. The Labute approximate surface area is 102 Å². The number of hydrogen-bond donors (Lipinski definition) is 1. The molecule has 0 spiro atoms. The molecule has 2 rings (SSSR count). The first kappa shape index (κ1) is 12.5. The lowest BCUT2D eigenvalue weighted by Gasteiger charge is -2.31. The zero-order valence-corrected chi connectivity index (χ0v) is 10.5. The lowest BCUT2D eigenvalue weighted by Crippen LogP contribution is -2.40. The van der Waals surface area contributed by atoms with Crippen molar-refractivity contribution in [1.82, 2.24) is 10.3 Å². The van der Waals surface area contributed by atoms with Gasteiger partial charge in [-0.2, -0.15) is 0 Å². The summed E-state index contributed by atoms with van der Waals surface area (Å²) in [6.07, 6.45) is 3.84. The van der Waals surface area contributed by atoms with Crippen LogP contribution >= 0.6 is 0 Å². The molecule has 1 aromatic heterocycles. The average Bonchev–Trinajstić information content (AvgIpc) is 2.37. The van der Waals surface area contributed by atoms with Gasteiger partial charge in [0.15, 0.2) is 0 Å². The summed E-state index contributed by atoms with van der Waals surface area (Å²) in [5.74, 6) is 0. The second kappa shape index (κ2) is 6.10. The predicted octanol–water partition coefficient (Wildman–Crippen LogP) is 1.46. The van der Waals surface area contributed by atoms with E-state index in [1.54, 1.807) is 0 Å². The van der Waals surface area contributed by atoms with Crippen LogP contribution in [-0.2, 0) is 9.47 Å². The summed E-state index contributed by atoms with van der Waals surface area (Å²) in [7, 11) is 0. The topological polar surface area (TPSA) is 43.4 Å². The van der Waals surface area contributed by atoms with Gasteiger partial charge in [0, 0.05) is 12.4 Å². The minimum atomic E-state index is 0.0762. The Morgan fingerprint density at radius 1 is 1.47 bits per heavy atom. The van der Waals surface area contributed by atoms with Crippen LogP contribution in [-0.4, -0.2) is 37.5 Å². The highest BCUT2D eigenvalue weighted by atomic mass is 16.6. The molecule has 2 heterocycles. The van der Waals surface area contributed by atoms with Crippen LogP contribution in [0.2, 0.25) is 0 Å². The van der Waals surface area contributed by atoms with E-state index in [-0.39, 0.29) is 12.1 Å². The summed E-state index contributed by atoms with van der Waals surface area (Å²) in [6, 6.07) is 2.31. The van der Waals surface area contributed by atoms with E-state index in [4.69, 9.17) is 9.47 Å².